The van der Waals surface area contributed by atoms with Crippen LogP contribution in [0.3, 0.4) is 0 Å². The minimum atomic E-state index is -0.518. The maximum Gasteiger partial charge on any atom is 0.408 e. The number of fused-ring (bicyclic) bond motifs is 1. The molecule has 0 bridgehead atoms. The van der Waals surface area contributed by atoms with Gasteiger partial charge in [0.25, 0.3) is 0 Å². The molecule has 1 saturated heterocycles. The lowest BCUT2D eigenvalue weighted by Gasteiger charge is -2.43. The van der Waals surface area contributed by atoms with Crippen molar-refractivity contribution in [1.82, 2.24) is 20.3 Å². The van der Waals surface area contributed by atoms with Crippen LogP contribution in [0.4, 0.5) is 10.6 Å². The van der Waals surface area contributed by atoms with Gasteiger partial charge in [-0.25, -0.2) is 19.7 Å². The highest BCUT2D eigenvalue weighted by atomic mass is 79.9. The summed E-state index contributed by atoms with van der Waals surface area (Å²) in [6.45, 7) is 7.39. The Bertz CT molecular complexity index is 856. The van der Waals surface area contributed by atoms with Crippen molar-refractivity contribution in [3.8, 4) is 0 Å². The Labute approximate surface area is 177 Å². The zero-order chi connectivity index (χ0) is 19.9. The number of carbonyl (C=O) groups is 1. The number of rotatable bonds is 2. The Kier molecular flexibility index (Phi) is 5.07. The lowest BCUT2D eigenvalue weighted by Crippen LogP contribution is -2.47. The van der Waals surface area contributed by atoms with Crippen LogP contribution in [0.1, 0.15) is 50.2 Å². The van der Waals surface area contributed by atoms with Crippen molar-refractivity contribution in [3.63, 3.8) is 0 Å². The van der Waals surface area contributed by atoms with Gasteiger partial charge in [0, 0.05) is 18.5 Å². The van der Waals surface area contributed by atoms with E-state index in [4.69, 9.17) is 4.74 Å². The molecule has 2 aromatic heterocycles. The number of hydrogen-bond acceptors (Lipinski definition) is 7. The number of piperidine rings is 1. The Balaban J connectivity index is 1.50. The molecule has 0 saturated carbocycles. The van der Waals surface area contributed by atoms with Crippen molar-refractivity contribution in [2.45, 2.75) is 51.7 Å². The highest BCUT2D eigenvalue weighted by Gasteiger charge is 2.50. The van der Waals surface area contributed by atoms with Gasteiger partial charge in [-0.15, -0.1) is 11.3 Å². The fourth-order valence-electron chi connectivity index (χ4n) is 4.12. The van der Waals surface area contributed by atoms with E-state index in [-0.39, 0.29) is 17.6 Å². The first-order chi connectivity index (χ1) is 13.3. The molecule has 150 valence electrons. The van der Waals surface area contributed by atoms with Crippen LogP contribution in [-0.2, 0) is 11.2 Å². The number of aromatic nitrogens is 3. The van der Waals surface area contributed by atoms with E-state index in [1.807, 2.05) is 26.3 Å². The number of hydrogen-bond donors (Lipinski definition) is 1. The van der Waals surface area contributed by atoms with E-state index >= 15 is 0 Å². The largest absolute Gasteiger partial charge is 0.444 e. The summed E-state index contributed by atoms with van der Waals surface area (Å²) in [4.78, 5) is 29.2. The van der Waals surface area contributed by atoms with Crippen molar-refractivity contribution in [1.29, 1.82) is 0 Å². The van der Waals surface area contributed by atoms with Crippen LogP contribution in [0.15, 0.2) is 22.5 Å². The average molecular weight is 466 g/mol. The van der Waals surface area contributed by atoms with Crippen molar-refractivity contribution in [2.75, 3.05) is 18.0 Å². The molecule has 9 heteroatoms. The van der Waals surface area contributed by atoms with E-state index in [1.54, 1.807) is 23.7 Å². The minimum Gasteiger partial charge on any atom is -0.444 e. The van der Waals surface area contributed by atoms with Gasteiger partial charge in [-0.2, -0.15) is 0 Å². The summed E-state index contributed by atoms with van der Waals surface area (Å²) in [5.41, 5.74) is 2.44. The Morgan fingerprint density at radius 2 is 2.04 bits per heavy atom. The summed E-state index contributed by atoms with van der Waals surface area (Å²) in [5, 5.41) is 3.16. The normalized spacial score (nSPS) is 20.9. The smallest absolute Gasteiger partial charge is 0.408 e. The second kappa shape index (κ2) is 7.26. The van der Waals surface area contributed by atoms with Crippen molar-refractivity contribution < 1.29 is 9.53 Å². The lowest BCUT2D eigenvalue weighted by molar-refractivity contribution is 0.0429. The highest BCUT2D eigenvalue weighted by Crippen LogP contribution is 2.53. The summed E-state index contributed by atoms with van der Waals surface area (Å²) in [7, 11) is 0. The van der Waals surface area contributed by atoms with Gasteiger partial charge in [0.1, 0.15) is 16.0 Å². The average Bonchev–Trinajstić information content (AvgIpc) is 3.16. The van der Waals surface area contributed by atoms with E-state index < -0.39 is 5.60 Å². The fraction of sp³-hybridized carbons (Fsp3) is 0.579. The molecule has 1 spiro atoms. The van der Waals surface area contributed by atoms with E-state index in [0.29, 0.717) is 0 Å². The van der Waals surface area contributed by atoms with Gasteiger partial charge in [-0.3, -0.25) is 0 Å². The van der Waals surface area contributed by atoms with Crippen LogP contribution in [0.25, 0.3) is 0 Å². The Morgan fingerprint density at radius 1 is 1.29 bits per heavy atom. The molecular formula is C19H24BrN5O2S. The van der Waals surface area contributed by atoms with E-state index in [2.05, 4.69) is 41.1 Å². The van der Waals surface area contributed by atoms with Crippen molar-refractivity contribution in [2.24, 2.45) is 5.41 Å². The molecule has 28 heavy (non-hydrogen) atoms. The highest BCUT2D eigenvalue weighted by molar-refractivity contribution is 9.10. The van der Waals surface area contributed by atoms with Gasteiger partial charge < -0.3 is 15.0 Å². The fourth-order valence-corrected chi connectivity index (χ4v) is 5.32. The molecule has 2 aliphatic rings. The molecule has 2 aromatic rings. The first-order valence-corrected chi connectivity index (χ1v) is 11.1. The number of thiazole rings is 1. The molecule has 0 aromatic carbocycles. The monoisotopic (exact) mass is 465 g/mol. The molecule has 0 radical (unpaired) electrons. The number of amides is 1. The van der Waals surface area contributed by atoms with Gasteiger partial charge in [-0.05, 0) is 56.0 Å². The number of ether oxygens (including phenoxy) is 1. The molecular weight excluding hydrogens is 442 g/mol. The second-order valence-corrected chi connectivity index (χ2v) is 10.2. The number of nitrogens with zero attached hydrogens (tertiary/aromatic N) is 4. The minimum absolute atomic E-state index is 0.0222. The SMILES string of the molecule is CC(C)(C)OC(=O)N[C@@H]1c2scnc2CC12CCN(c1cnc(Br)cn1)CC2. The predicted molar refractivity (Wildman–Crippen MR) is 112 cm³/mol. The summed E-state index contributed by atoms with van der Waals surface area (Å²) in [6.07, 6.45) is 5.96. The number of anilines is 1. The topological polar surface area (TPSA) is 80.2 Å². The molecule has 3 heterocycles. The van der Waals surface area contributed by atoms with Gasteiger partial charge in [0.2, 0.25) is 0 Å². The number of alkyl carbamates (subject to hydrolysis) is 1. The van der Waals surface area contributed by atoms with Gasteiger partial charge in [0.05, 0.1) is 34.5 Å². The standard InChI is InChI=1S/C19H24BrN5O2S/c1-18(2,3)27-17(26)24-16-15-12(23-11-28-15)8-19(16)4-6-25(7-5-19)14-10-21-13(20)9-22-14/h9-11,16H,4-8H2,1-3H3,(H,24,26)/t16-/m1/s1. The zero-order valence-electron chi connectivity index (χ0n) is 16.2. The third kappa shape index (κ3) is 3.87. The molecule has 0 unspecified atom stereocenters. The maximum absolute atomic E-state index is 12.5. The molecule has 1 amide bonds. The van der Waals surface area contributed by atoms with E-state index in [1.165, 1.54) is 4.88 Å². The summed E-state index contributed by atoms with van der Waals surface area (Å²) in [6, 6.07) is -0.0528. The quantitative estimate of drug-likeness (QED) is 0.718. The van der Waals surface area contributed by atoms with E-state index in [9.17, 15) is 4.79 Å². The van der Waals surface area contributed by atoms with Crippen LogP contribution in [0, 0.1) is 5.41 Å². The molecule has 7 nitrogen and oxygen atoms in total. The number of nitrogens with one attached hydrogen (secondary N) is 1. The van der Waals surface area contributed by atoms with Gasteiger partial charge in [0.15, 0.2) is 0 Å². The zero-order valence-corrected chi connectivity index (χ0v) is 18.6. The third-order valence-electron chi connectivity index (χ3n) is 5.42. The van der Waals surface area contributed by atoms with Gasteiger partial charge in [-0.1, -0.05) is 0 Å². The molecule has 4 rings (SSSR count). The summed E-state index contributed by atoms with van der Waals surface area (Å²) >= 11 is 4.96. The third-order valence-corrected chi connectivity index (χ3v) is 6.76. The molecule has 1 N–H and O–H groups in total. The number of carbonyl (C=O) groups excluding carboxylic acids is 1. The van der Waals surface area contributed by atoms with Crippen molar-refractivity contribution in [3.05, 3.63) is 33.1 Å². The van der Waals surface area contributed by atoms with Crippen LogP contribution in [0.2, 0.25) is 0 Å². The van der Waals surface area contributed by atoms with Crippen LogP contribution in [-0.4, -0.2) is 39.7 Å². The summed E-state index contributed by atoms with van der Waals surface area (Å²) in [5.74, 6) is 0.889. The van der Waals surface area contributed by atoms with Gasteiger partial charge >= 0.3 is 6.09 Å². The van der Waals surface area contributed by atoms with Crippen LogP contribution >= 0.6 is 27.3 Å². The lowest BCUT2D eigenvalue weighted by atomic mass is 9.73. The Morgan fingerprint density at radius 3 is 2.68 bits per heavy atom. The predicted octanol–water partition coefficient (Wildman–Crippen LogP) is 4.10. The molecule has 1 aliphatic heterocycles. The summed E-state index contributed by atoms with van der Waals surface area (Å²) < 4.78 is 6.26. The first kappa shape index (κ1) is 19.6. The molecule has 1 atom stereocenters. The second-order valence-electron chi connectivity index (χ2n) is 8.47. The molecule has 1 fully saturated rings. The van der Waals surface area contributed by atoms with Crippen LogP contribution < -0.4 is 10.2 Å². The van der Waals surface area contributed by atoms with Crippen molar-refractivity contribution >= 4 is 39.2 Å². The maximum atomic E-state index is 12.5. The van der Waals surface area contributed by atoms with Crippen LogP contribution in [0.5, 0.6) is 0 Å². The molecule has 1 aliphatic carbocycles. The Hall–Kier alpha value is -1.74. The first-order valence-electron chi connectivity index (χ1n) is 9.40. The number of halogens is 1. The van der Waals surface area contributed by atoms with E-state index in [0.717, 1.165) is 48.5 Å².